The number of amides is 2. The van der Waals surface area contributed by atoms with Crippen molar-refractivity contribution in [3.63, 3.8) is 0 Å². The van der Waals surface area contributed by atoms with E-state index in [9.17, 15) is 9.59 Å². The van der Waals surface area contributed by atoms with Crippen LogP contribution < -0.4 is 10.6 Å². The standard InChI is InChI=1S/C11H18N4O4/c1-9(6-15-4-2-12-8-15)14-11(18)13-3-5-19-7-10(16)17/h2,4,8-9H,3,5-7H2,1H3,(H,16,17)(H2,13,14,18). The van der Waals surface area contributed by atoms with Crippen LogP contribution in [0.2, 0.25) is 0 Å². The van der Waals surface area contributed by atoms with Gasteiger partial charge in [0.15, 0.2) is 0 Å². The van der Waals surface area contributed by atoms with Crippen LogP contribution >= 0.6 is 0 Å². The number of carboxylic acid groups (broad SMARTS) is 1. The third-order valence-electron chi connectivity index (χ3n) is 2.18. The maximum atomic E-state index is 11.5. The topological polar surface area (TPSA) is 105 Å². The van der Waals surface area contributed by atoms with E-state index >= 15 is 0 Å². The Balaban J connectivity index is 2.08. The Kier molecular flexibility index (Phi) is 6.37. The van der Waals surface area contributed by atoms with E-state index in [1.165, 1.54) is 0 Å². The Morgan fingerprint density at radius 1 is 1.53 bits per heavy atom. The zero-order valence-corrected chi connectivity index (χ0v) is 10.7. The summed E-state index contributed by atoms with van der Waals surface area (Å²) in [4.78, 5) is 25.5. The summed E-state index contributed by atoms with van der Waals surface area (Å²) in [5.41, 5.74) is 0. The average Bonchev–Trinajstić information content (AvgIpc) is 2.80. The van der Waals surface area contributed by atoms with Gasteiger partial charge in [-0.05, 0) is 6.92 Å². The third kappa shape index (κ3) is 7.04. The summed E-state index contributed by atoms with van der Waals surface area (Å²) >= 11 is 0. The molecular formula is C11H18N4O4. The molecule has 0 aliphatic heterocycles. The molecule has 0 fully saturated rings. The van der Waals surface area contributed by atoms with Crippen molar-refractivity contribution in [1.82, 2.24) is 20.2 Å². The van der Waals surface area contributed by atoms with Crippen LogP contribution in [0.15, 0.2) is 18.7 Å². The monoisotopic (exact) mass is 270 g/mol. The number of rotatable bonds is 8. The number of urea groups is 1. The predicted octanol–water partition coefficient (Wildman–Crippen LogP) is -0.328. The maximum absolute atomic E-state index is 11.5. The van der Waals surface area contributed by atoms with Crippen LogP contribution in [0, 0.1) is 0 Å². The molecule has 8 heteroatoms. The minimum Gasteiger partial charge on any atom is -0.480 e. The second-order valence-electron chi connectivity index (χ2n) is 4.01. The van der Waals surface area contributed by atoms with Crippen molar-refractivity contribution in [2.24, 2.45) is 0 Å². The van der Waals surface area contributed by atoms with Crippen molar-refractivity contribution < 1.29 is 19.4 Å². The summed E-state index contributed by atoms with van der Waals surface area (Å²) in [7, 11) is 0. The first-order chi connectivity index (χ1) is 9.08. The molecule has 19 heavy (non-hydrogen) atoms. The normalized spacial score (nSPS) is 11.8. The van der Waals surface area contributed by atoms with E-state index in [4.69, 9.17) is 9.84 Å². The fourth-order valence-electron chi connectivity index (χ4n) is 1.43. The zero-order valence-electron chi connectivity index (χ0n) is 10.7. The number of nitrogens with zero attached hydrogens (tertiary/aromatic N) is 2. The first-order valence-electron chi connectivity index (χ1n) is 5.87. The van der Waals surface area contributed by atoms with Gasteiger partial charge in [0.1, 0.15) is 6.61 Å². The number of hydrogen-bond donors (Lipinski definition) is 3. The van der Waals surface area contributed by atoms with Crippen molar-refractivity contribution in [1.29, 1.82) is 0 Å². The lowest BCUT2D eigenvalue weighted by atomic mass is 10.3. The Bertz CT molecular complexity index is 393. The summed E-state index contributed by atoms with van der Waals surface area (Å²) in [5.74, 6) is -1.03. The minimum atomic E-state index is -1.03. The zero-order chi connectivity index (χ0) is 14.1. The van der Waals surface area contributed by atoms with Crippen molar-refractivity contribution in [2.75, 3.05) is 19.8 Å². The highest BCUT2D eigenvalue weighted by atomic mass is 16.5. The van der Waals surface area contributed by atoms with E-state index in [2.05, 4.69) is 15.6 Å². The largest absolute Gasteiger partial charge is 0.480 e. The minimum absolute atomic E-state index is 0.0471. The second-order valence-corrected chi connectivity index (χ2v) is 4.01. The summed E-state index contributed by atoms with van der Waals surface area (Å²) in [6.07, 6.45) is 5.16. The fourth-order valence-corrected chi connectivity index (χ4v) is 1.43. The summed E-state index contributed by atoms with van der Waals surface area (Å²) < 4.78 is 6.64. The predicted molar refractivity (Wildman–Crippen MR) is 66.7 cm³/mol. The Labute approximate surface area is 110 Å². The molecule has 0 saturated heterocycles. The maximum Gasteiger partial charge on any atom is 0.329 e. The number of carboxylic acids is 1. The smallest absolute Gasteiger partial charge is 0.329 e. The number of carbonyl (C=O) groups excluding carboxylic acids is 1. The van der Waals surface area contributed by atoms with Gasteiger partial charge in [-0.15, -0.1) is 0 Å². The molecule has 1 aromatic heterocycles. The Hall–Kier alpha value is -2.09. The van der Waals surface area contributed by atoms with E-state index in [0.717, 1.165) is 0 Å². The molecule has 8 nitrogen and oxygen atoms in total. The van der Waals surface area contributed by atoms with Gasteiger partial charge in [-0.1, -0.05) is 0 Å². The van der Waals surface area contributed by atoms with E-state index in [0.29, 0.717) is 6.54 Å². The highest BCUT2D eigenvalue weighted by Gasteiger charge is 2.07. The molecule has 106 valence electrons. The molecule has 3 N–H and O–H groups in total. The van der Waals surface area contributed by atoms with E-state index in [-0.39, 0.29) is 31.8 Å². The Morgan fingerprint density at radius 2 is 2.32 bits per heavy atom. The number of aliphatic carboxylic acids is 1. The van der Waals surface area contributed by atoms with Crippen LogP contribution in [-0.2, 0) is 16.1 Å². The van der Waals surface area contributed by atoms with Crippen LogP contribution in [0.1, 0.15) is 6.92 Å². The van der Waals surface area contributed by atoms with Gasteiger partial charge in [-0.2, -0.15) is 0 Å². The number of nitrogens with one attached hydrogen (secondary N) is 2. The lowest BCUT2D eigenvalue weighted by Gasteiger charge is -2.15. The van der Waals surface area contributed by atoms with Crippen LogP contribution in [0.4, 0.5) is 4.79 Å². The van der Waals surface area contributed by atoms with Gasteiger partial charge >= 0.3 is 12.0 Å². The van der Waals surface area contributed by atoms with Crippen LogP contribution in [0.25, 0.3) is 0 Å². The highest BCUT2D eigenvalue weighted by Crippen LogP contribution is 1.91. The van der Waals surface area contributed by atoms with Gasteiger partial charge in [0.05, 0.1) is 12.9 Å². The number of aromatic nitrogens is 2. The molecule has 0 saturated carbocycles. The van der Waals surface area contributed by atoms with Crippen LogP contribution in [0.5, 0.6) is 0 Å². The summed E-state index contributed by atoms with van der Waals surface area (Å²) in [6, 6.07) is -0.360. The third-order valence-corrected chi connectivity index (χ3v) is 2.18. The number of ether oxygens (including phenoxy) is 1. The molecule has 0 aliphatic carbocycles. The lowest BCUT2D eigenvalue weighted by Crippen LogP contribution is -2.43. The van der Waals surface area contributed by atoms with Crippen molar-refractivity contribution in [2.45, 2.75) is 19.5 Å². The van der Waals surface area contributed by atoms with Gasteiger partial charge < -0.3 is 25.0 Å². The molecule has 0 bridgehead atoms. The van der Waals surface area contributed by atoms with Gasteiger partial charge in [0, 0.05) is 31.5 Å². The van der Waals surface area contributed by atoms with E-state index < -0.39 is 5.97 Å². The first kappa shape index (κ1) is 15.0. The molecular weight excluding hydrogens is 252 g/mol. The van der Waals surface area contributed by atoms with Gasteiger partial charge in [-0.25, -0.2) is 14.6 Å². The van der Waals surface area contributed by atoms with Crippen molar-refractivity contribution in [3.8, 4) is 0 Å². The first-order valence-corrected chi connectivity index (χ1v) is 5.87. The fraction of sp³-hybridized carbons (Fsp3) is 0.545. The highest BCUT2D eigenvalue weighted by molar-refractivity contribution is 5.74. The molecule has 0 aliphatic rings. The van der Waals surface area contributed by atoms with Crippen LogP contribution in [-0.4, -0.2) is 52.5 Å². The second kappa shape index (κ2) is 8.09. The number of imidazole rings is 1. The molecule has 2 amide bonds. The number of carbonyl (C=O) groups is 2. The van der Waals surface area contributed by atoms with Gasteiger partial charge in [-0.3, -0.25) is 0 Å². The molecule has 0 spiro atoms. The molecule has 1 heterocycles. The average molecular weight is 270 g/mol. The molecule has 1 atom stereocenters. The van der Waals surface area contributed by atoms with E-state index in [1.807, 2.05) is 17.7 Å². The summed E-state index contributed by atoms with van der Waals surface area (Å²) in [5, 5.41) is 13.7. The SMILES string of the molecule is CC(Cn1ccnc1)NC(=O)NCCOCC(=O)O. The molecule has 0 aromatic carbocycles. The van der Waals surface area contributed by atoms with E-state index in [1.54, 1.807) is 12.5 Å². The molecule has 1 unspecified atom stereocenters. The van der Waals surface area contributed by atoms with Crippen molar-refractivity contribution >= 4 is 12.0 Å². The molecule has 0 radical (unpaired) electrons. The molecule has 1 aromatic rings. The number of hydrogen-bond acceptors (Lipinski definition) is 4. The van der Waals surface area contributed by atoms with Gasteiger partial charge in [0.2, 0.25) is 0 Å². The van der Waals surface area contributed by atoms with Gasteiger partial charge in [0.25, 0.3) is 0 Å². The lowest BCUT2D eigenvalue weighted by molar-refractivity contribution is -0.142. The van der Waals surface area contributed by atoms with Crippen molar-refractivity contribution in [3.05, 3.63) is 18.7 Å². The Morgan fingerprint density at radius 3 is 2.95 bits per heavy atom. The summed E-state index contributed by atoms with van der Waals surface area (Å²) in [6.45, 7) is 2.57. The quantitative estimate of drug-likeness (QED) is 0.561. The molecule has 1 rings (SSSR count). The van der Waals surface area contributed by atoms with Crippen LogP contribution in [0.3, 0.4) is 0 Å².